The number of carbonyl (C=O) groups excluding carboxylic acids is 1. The summed E-state index contributed by atoms with van der Waals surface area (Å²) in [4.78, 5) is 11.3. The summed E-state index contributed by atoms with van der Waals surface area (Å²) in [6, 6.07) is 1.56. The number of hydrogen-bond donors (Lipinski definition) is 1. The smallest absolute Gasteiger partial charge is 0.256 e. The van der Waals surface area contributed by atoms with Gasteiger partial charge in [0.1, 0.15) is 0 Å². The second-order valence-electron chi connectivity index (χ2n) is 2.72. The Labute approximate surface area is 82.1 Å². The molecular formula is C9H12ClNO2. The van der Waals surface area contributed by atoms with Gasteiger partial charge in [0.15, 0.2) is 0 Å². The maximum atomic E-state index is 11.3. The summed E-state index contributed by atoms with van der Waals surface area (Å²) in [5, 5.41) is 2.89. The van der Waals surface area contributed by atoms with Crippen LogP contribution in [0.15, 0.2) is 16.7 Å². The van der Waals surface area contributed by atoms with E-state index in [9.17, 15) is 4.79 Å². The molecular weight excluding hydrogens is 190 g/mol. The molecule has 1 amide bonds. The fraction of sp³-hybridized carbons (Fsp3) is 0.444. The molecule has 0 aliphatic rings. The van der Waals surface area contributed by atoms with E-state index in [1.165, 1.54) is 6.26 Å². The van der Waals surface area contributed by atoms with Crippen molar-refractivity contribution in [1.82, 2.24) is 5.32 Å². The van der Waals surface area contributed by atoms with Crippen LogP contribution in [0.3, 0.4) is 0 Å². The molecule has 3 nitrogen and oxygen atoms in total. The number of carbonyl (C=O) groups is 1. The van der Waals surface area contributed by atoms with Gasteiger partial charge in [-0.15, -0.1) is 0 Å². The zero-order valence-electron chi connectivity index (χ0n) is 7.47. The Morgan fingerprint density at radius 2 is 2.46 bits per heavy atom. The van der Waals surface area contributed by atoms with Crippen LogP contribution < -0.4 is 5.32 Å². The van der Waals surface area contributed by atoms with E-state index in [1.54, 1.807) is 6.07 Å². The zero-order chi connectivity index (χ0) is 9.68. The summed E-state index contributed by atoms with van der Waals surface area (Å²) in [5.41, 5.74) is 0.401. The number of halogens is 1. The number of unbranched alkanes of at least 4 members (excludes halogenated alkanes) is 1. The van der Waals surface area contributed by atoms with Crippen LogP contribution in [0.2, 0.25) is 5.22 Å². The highest BCUT2D eigenvalue weighted by Crippen LogP contribution is 2.15. The molecule has 1 aromatic heterocycles. The van der Waals surface area contributed by atoms with Gasteiger partial charge in [-0.25, -0.2) is 0 Å². The molecule has 1 aromatic rings. The summed E-state index contributed by atoms with van der Waals surface area (Å²) < 4.78 is 4.80. The Morgan fingerprint density at radius 3 is 3.00 bits per heavy atom. The first-order valence-electron chi connectivity index (χ1n) is 4.27. The van der Waals surface area contributed by atoms with Gasteiger partial charge in [0, 0.05) is 6.54 Å². The summed E-state index contributed by atoms with van der Waals surface area (Å²) in [7, 11) is 0. The quantitative estimate of drug-likeness (QED) is 0.761. The second kappa shape index (κ2) is 4.92. The van der Waals surface area contributed by atoms with E-state index >= 15 is 0 Å². The van der Waals surface area contributed by atoms with Crippen LogP contribution >= 0.6 is 11.6 Å². The minimum absolute atomic E-state index is 0.147. The van der Waals surface area contributed by atoms with Crippen LogP contribution in [-0.4, -0.2) is 12.5 Å². The topological polar surface area (TPSA) is 42.2 Å². The van der Waals surface area contributed by atoms with Gasteiger partial charge in [-0.2, -0.15) is 0 Å². The van der Waals surface area contributed by atoms with Crippen molar-refractivity contribution in [2.24, 2.45) is 0 Å². The predicted molar refractivity (Wildman–Crippen MR) is 51.0 cm³/mol. The molecule has 1 heterocycles. The number of nitrogens with one attached hydrogen (secondary N) is 1. The highest BCUT2D eigenvalue weighted by molar-refractivity contribution is 6.32. The molecule has 0 saturated heterocycles. The largest absolute Gasteiger partial charge is 0.452 e. The normalized spacial score (nSPS) is 10.0. The fourth-order valence-electron chi connectivity index (χ4n) is 0.930. The SMILES string of the molecule is CCCCNC(=O)c1ccoc1Cl. The molecule has 0 atom stereocenters. The first-order valence-corrected chi connectivity index (χ1v) is 4.64. The van der Waals surface area contributed by atoms with Crippen LogP contribution in [0.1, 0.15) is 30.1 Å². The molecule has 0 radical (unpaired) electrons. The van der Waals surface area contributed by atoms with Crippen LogP contribution in [0.5, 0.6) is 0 Å². The molecule has 1 N–H and O–H groups in total. The lowest BCUT2D eigenvalue weighted by Gasteiger charge is -2.01. The number of rotatable bonds is 4. The third kappa shape index (κ3) is 2.77. The van der Waals surface area contributed by atoms with E-state index < -0.39 is 0 Å². The van der Waals surface area contributed by atoms with E-state index in [2.05, 4.69) is 12.2 Å². The minimum Gasteiger partial charge on any atom is -0.452 e. The molecule has 0 unspecified atom stereocenters. The maximum Gasteiger partial charge on any atom is 0.256 e. The first kappa shape index (κ1) is 10.1. The van der Waals surface area contributed by atoms with Crippen LogP contribution in [0, 0.1) is 0 Å². The molecule has 0 bridgehead atoms. The average Bonchev–Trinajstić information content (AvgIpc) is 2.52. The van der Waals surface area contributed by atoms with Crippen molar-refractivity contribution < 1.29 is 9.21 Å². The number of furan rings is 1. The van der Waals surface area contributed by atoms with Crippen LogP contribution in [0.25, 0.3) is 0 Å². The van der Waals surface area contributed by atoms with E-state index in [1.807, 2.05) is 0 Å². The van der Waals surface area contributed by atoms with Crippen molar-refractivity contribution in [2.45, 2.75) is 19.8 Å². The monoisotopic (exact) mass is 201 g/mol. The van der Waals surface area contributed by atoms with Crippen LogP contribution in [-0.2, 0) is 0 Å². The number of amides is 1. The Bertz CT molecular complexity index is 283. The highest BCUT2D eigenvalue weighted by Gasteiger charge is 2.11. The molecule has 0 aliphatic carbocycles. The Hall–Kier alpha value is -0.960. The van der Waals surface area contributed by atoms with E-state index in [0.717, 1.165) is 12.8 Å². The van der Waals surface area contributed by atoms with Crippen molar-refractivity contribution >= 4 is 17.5 Å². The Morgan fingerprint density at radius 1 is 1.69 bits per heavy atom. The van der Waals surface area contributed by atoms with Crippen molar-refractivity contribution in [2.75, 3.05) is 6.54 Å². The molecule has 0 saturated carbocycles. The Kier molecular flexibility index (Phi) is 3.83. The summed E-state index contributed by atoms with van der Waals surface area (Å²) in [5.74, 6) is -0.174. The summed E-state index contributed by atoms with van der Waals surface area (Å²) in [6.07, 6.45) is 3.43. The molecule has 1 rings (SSSR count). The zero-order valence-corrected chi connectivity index (χ0v) is 8.23. The number of hydrogen-bond acceptors (Lipinski definition) is 2. The molecule has 0 fully saturated rings. The predicted octanol–water partition coefficient (Wildman–Crippen LogP) is 2.46. The van der Waals surface area contributed by atoms with Gasteiger partial charge in [0.25, 0.3) is 5.91 Å². The van der Waals surface area contributed by atoms with Gasteiger partial charge < -0.3 is 9.73 Å². The molecule has 13 heavy (non-hydrogen) atoms. The third-order valence-corrected chi connectivity index (χ3v) is 1.97. The second-order valence-corrected chi connectivity index (χ2v) is 3.06. The van der Waals surface area contributed by atoms with Crippen molar-refractivity contribution in [3.05, 3.63) is 23.1 Å². The fourth-order valence-corrected chi connectivity index (χ4v) is 1.13. The lowest BCUT2D eigenvalue weighted by molar-refractivity contribution is 0.0952. The standard InChI is InChI=1S/C9H12ClNO2/c1-2-3-5-11-9(12)7-4-6-13-8(7)10/h4,6H,2-3,5H2,1H3,(H,11,12). The van der Waals surface area contributed by atoms with Gasteiger partial charge in [0.2, 0.25) is 5.22 Å². The van der Waals surface area contributed by atoms with Gasteiger partial charge in [-0.05, 0) is 24.1 Å². The summed E-state index contributed by atoms with van der Waals surface area (Å²) in [6.45, 7) is 2.74. The van der Waals surface area contributed by atoms with Crippen LogP contribution in [0.4, 0.5) is 0 Å². The van der Waals surface area contributed by atoms with Crippen molar-refractivity contribution in [3.8, 4) is 0 Å². The molecule has 4 heteroatoms. The minimum atomic E-state index is -0.174. The Balaban J connectivity index is 2.45. The summed E-state index contributed by atoms with van der Waals surface area (Å²) >= 11 is 5.62. The highest BCUT2D eigenvalue weighted by atomic mass is 35.5. The van der Waals surface area contributed by atoms with Crippen molar-refractivity contribution in [3.63, 3.8) is 0 Å². The lowest BCUT2D eigenvalue weighted by atomic mass is 10.3. The maximum absolute atomic E-state index is 11.3. The molecule has 0 spiro atoms. The molecule has 0 aliphatic heterocycles. The third-order valence-electron chi connectivity index (χ3n) is 1.68. The van der Waals surface area contributed by atoms with Gasteiger partial charge in [-0.1, -0.05) is 13.3 Å². The van der Waals surface area contributed by atoms with Gasteiger partial charge in [-0.3, -0.25) is 4.79 Å². The van der Waals surface area contributed by atoms with Crippen molar-refractivity contribution in [1.29, 1.82) is 0 Å². The average molecular weight is 202 g/mol. The lowest BCUT2D eigenvalue weighted by Crippen LogP contribution is -2.24. The van der Waals surface area contributed by atoms with Gasteiger partial charge in [0.05, 0.1) is 11.8 Å². The van der Waals surface area contributed by atoms with E-state index in [4.69, 9.17) is 16.0 Å². The van der Waals surface area contributed by atoms with Gasteiger partial charge >= 0.3 is 0 Å². The molecule has 0 aromatic carbocycles. The van der Waals surface area contributed by atoms with E-state index in [-0.39, 0.29) is 11.1 Å². The molecule has 72 valence electrons. The van der Waals surface area contributed by atoms with E-state index in [0.29, 0.717) is 12.1 Å². The first-order chi connectivity index (χ1) is 6.25.